The predicted molar refractivity (Wildman–Crippen MR) is 103 cm³/mol. The van der Waals surface area contributed by atoms with Gasteiger partial charge in [0.1, 0.15) is 0 Å². The third-order valence-corrected chi connectivity index (χ3v) is 5.63. The van der Waals surface area contributed by atoms with Gasteiger partial charge in [0.25, 0.3) is 0 Å². The van der Waals surface area contributed by atoms with Crippen LogP contribution in [-0.4, -0.2) is 10.9 Å². The van der Waals surface area contributed by atoms with Gasteiger partial charge in [-0.1, -0.05) is 42.0 Å². The van der Waals surface area contributed by atoms with Gasteiger partial charge in [-0.3, -0.25) is 4.79 Å². The fourth-order valence-electron chi connectivity index (χ4n) is 3.16. The first-order chi connectivity index (χ1) is 12.1. The summed E-state index contributed by atoms with van der Waals surface area (Å²) < 4.78 is 0. The van der Waals surface area contributed by atoms with Gasteiger partial charge in [0.2, 0.25) is 0 Å². The van der Waals surface area contributed by atoms with Gasteiger partial charge in [0.05, 0.1) is 6.61 Å². The van der Waals surface area contributed by atoms with Gasteiger partial charge in [-0.15, -0.1) is 11.3 Å². The number of benzene rings is 2. The normalized spacial score (nSPS) is 15.0. The lowest BCUT2D eigenvalue weighted by atomic mass is 10.1. The molecule has 0 spiro atoms. The molecule has 0 fully saturated rings. The second-order valence-electron chi connectivity index (χ2n) is 6.39. The van der Waals surface area contributed by atoms with Crippen molar-refractivity contribution < 1.29 is 9.90 Å². The topological polar surface area (TPSA) is 37.3 Å². The zero-order chi connectivity index (χ0) is 17.4. The van der Waals surface area contributed by atoms with E-state index in [-0.39, 0.29) is 12.4 Å². The van der Waals surface area contributed by atoms with Crippen LogP contribution in [0.2, 0.25) is 0 Å². The summed E-state index contributed by atoms with van der Waals surface area (Å²) in [6.07, 6.45) is 2.74. The molecule has 0 unspecified atom stereocenters. The Kier molecular flexibility index (Phi) is 4.12. The Morgan fingerprint density at radius 1 is 1.08 bits per heavy atom. The van der Waals surface area contributed by atoms with E-state index in [1.54, 1.807) is 11.3 Å². The summed E-state index contributed by atoms with van der Waals surface area (Å²) in [6, 6.07) is 18.2. The number of hydrogen-bond donors (Lipinski definition) is 1. The van der Waals surface area contributed by atoms with Crippen LogP contribution in [0, 0.1) is 6.92 Å². The third kappa shape index (κ3) is 3.09. The smallest absolute Gasteiger partial charge is 0.189 e. The first-order valence-corrected chi connectivity index (χ1v) is 9.10. The number of aliphatic hydroxyl groups is 1. The Bertz CT molecular complexity index is 978. The number of rotatable bonds is 3. The minimum Gasteiger partial charge on any atom is -0.392 e. The number of fused-ring (bicyclic) bond motifs is 1. The SMILES string of the molecule is Cc1ccc2c(c1)C(=O)/C(=C/c1ccc(-c3ccc(CO)cc3)s1)C2. The standard InChI is InChI=1S/C22H18O2S/c1-14-2-5-17-11-18(22(24)20(17)10-14)12-19-8-9-21(25-19)16-6-3-15(13-23)4-7-16/h2-10,12,23H,11,13H2,1H3/b18-12+. The van der Waals surface area contributed by atoms with E-state index >= 15 is 0 Å². The lowest BCUT2D eigenvalue weighted by molar-refractivity contribution is 0.104. The van der Waals surface area contributed by atoms with Crippen molar-refractivity contribution in [1.29, 1.82) is 0 Å². The first kappa shape index (κ1) is 16.0. The lowest BCUT2D eigenvalue weighted by Gasteiger charge is -1.99. The highest BCUT2D eigenvalue weighted by Gasteiger charge is 2.24. The highest BCUT2D eigenvalue weighted by Crippen LogP contribution is 2.33. The van der Waals surface area contributed by atoms with E-state index in [2.05, 4.69) is 24.3 Å². The van der Waals surface area contributed by atoms with Crippen molar-refractivity contribution in [2.45, 2.75) is 20.0 Å². The molecule has 3 aromatic rings. The monoisotopic (exact) mass is 346 g/mol. The Hall–Kier alpha value is -2.49. The number of thiophene rings is 1. The molecule has 0 saturated heterocycles. The molecule has 25 heavy (non-hydrogen) atoms. The van der Waals surface area contributed by atoms with Crippen LogP contribution in [0.5, 0.6) is 0 Å². The van der Waals surface area contributed by atoms with Crippen molar-refractivity contribution in [3.63, 3.8) is 0 Å². The fraction of sp³-hybridized carbons (Fsp3) is 0.136. The Labute approximate surface area is 151 Å². The van der Waals surface area contributed by atoms with Crippen LogP contribution < -0.4 is 0 Å². The van der Waals surface area contributed by atoms with Crippen molar-refractivity contribution in [1.82, 2.24) is 0 Å². The van der Waals surface area contributed by atoms with E-state index < -0.39 is 0 Å². The Morgan fingerprint density at radius 3 is 2.64 bits per heavy atom. The molecule has 124 valence electrons. The van der Waals surface area contributed by atoms with E-state index in [9.17, 15) is 4.79 Å². The minimum atomic E-state index is 0.0597. The molecule has 0 bridgehead atoms. The maximum absolute atomic E-state index is 12.6. The molecular formula is C22H18O2S. The van der Waals surface area contributed by atoms with Crippen molar-refractivity contribution in [2.24, 2.45) is 0 Å². The molecular weight excluding hydrogens is 328 g/mol. The van der Waals surface area contributed by atoms with Crippen LogP contribution in [0.3, 0.4) is 0 Å². The summed E-state index contributed by atoms with van der Waals surface area (Å²) in [4.78, 5) is 14.9. The maximum atomic E-state index is 12.6. The number of Topliss-reactive ketones (excluding diaryl/α,β-unsaturated/α-hetero) is 1. The zero-order valence-corrected chi connectivity index (χ0v) is 14.8. The number of carbonyl (C=O) groups is 1. The van der Waals surface area contributed by atoms with Crippen molar-refractivity contribution >= 4 is 23.2 Å². The molecule has 1 aliphatic carbocycles. The van der Waals surface area contributed by atoms with Crippen LogP contribution in [0.1, 0.15) is 31.9 Å². The van der Waals surface area contributed by atoms with Crippen molar-refractivity contribution in [3.05, 3.63) is 87.3 Å². The van der Waals surface area contributed by atoms with Crippen LogP contribution in [-0.2, 0) is 13.0 Å². The van der Waals surface area contributed by atoms with Gasteiger partial charge in [0.15, 0.2) is 5.78 Å². The van der Waals surface area contributed by atoms with Crippen LogP contribution >= 0.6 is 11.3 Å². The van der Waals surface area contributed by atoms with Crippen molar-refractivity contribution in [3.8, 4) is 10.4 Å². The summed E-state index contributed by atoms with van der Waals surface area (Å²) in [5, 5.41) is 9.14. The van der Waals surface area contributed by atoms with E-state index in [1.165, 1.54) is 0 Å². The molecule has 0 atom stereocenters. The fourth-order valence-corrected chi connectivity index (χ4v) is 4.14. The van der Waals surface area contributed by atoms with E-state index in [0.717, 1.165) is 43.1 Å². The number of carbonyl (C=O) groups excluding carboxylic acids is 1. The van der Waals surface area contributed by atoms with Crippen LogP contribution in [0.25, 0.3) is 16.5 Å². The summed E-state index contributed by atoms with van der Waals surface area (Å²) >= 11 is 1.68. The number of aryl methyl sites for hydroxylation is 1. The zero-order valence-electron chi connectivity index (χ0n) is 14.0. The van der Waals surface area contributed by atoms with E-state index in [0.29, 0.717) is 6.42 Å². The highest BCUT2D eigenvalue weighted by molar-refractivity contribution is 7.16. The molecule has 3 heteroatoms. The molecule has 1 aliphatic rings. The van der Waals surface area contributed by atoms with Gasteiger partial charge >= 0.3 is 0 Å². The molecule has 0 saturated carbocycles. The molecule has 1 heterocycles. The average Bonchev–Trinajstić information content (AvgIpc) is 3.21. The summed E-state index contributed by atoms with van der Waals surface area (Å²) in [5.41, 5.74) is 6.00. The molecule has 2 aromatic carbocycles. The number of allylic oxidation sites excluding steroid dienone is 1. The number of hydrogen-bond acceptors (Lipinski definition) is 3. The second kappa shape index (κ2) is 6.43. The quantitative estimate of drug-likeness (QED) is 0.675. The maximum Gasteiger partial charge on any atom is 0.189 e. The van der Waals surface area contributed by atoms with Gasteiger partial charge in [-0.2, -0.15) is 0 Å². The van der Waals surface area contributed by atoms with E-state index in [4.69, 9.17) is 5.11 Å². The molecule has 0 radical (unpaired) electrons. The van der Waals surface area contributed by atoms with Crippen LogP contribution in [0.15, 0.2) is 60.2 Å². The summed E-state index contributed by atoms with van der Waals surface area (Å²) in [5.74, 6) is 0.154. The minimum absolute atomic E-state index is 0.0597. The Morgan fingerprint density at radius 2 is 1.88 bits per heavy atom. The molecule has 4 rings (SSSR count). The molecule has 1 N–H and O–H groups in total. The van der Waals surface area contributed by atoms with Crippen LogP contribution in [0.4, 0.5) is 0 Å². The molecule has 2 nitrogen and oxygen atoms in total. The number of ketones is 1. The largest absolute Gasteiger partial charge is 0.392 e. The Balaban J connectivity index is 1.61. The molecule has 1 aromatic heterocycles. The van der Waals surface area contributed by atoms with Gasteiger partial charge in [0, 0.05) is 27.3 Å². The lowest BCUT2D eigenvalue weighted by Crippen LogP contribution is -1.95. The molecule has 0 amide bonds. The summed E-state index contributed by atoms with van der Waals surface area (Å²) in [6.45, 7) is 2.08. The highest BCUT2D eigenvalue weighted by atomic mass is 32.1. The first-order valence-electron chi connectivity index (χ1n) is 8.29. The van der Waals surface area contributed by atoms with Gasteiger partial charge < -0.3 is 5.11 Å². The average molecular weight is 346 g/mol. The second-order valence-corrected chi connectivity index (χ2v) is 7.51. The third-order valence-electron chi connectivity index (χ3n) is 4.55. The summed E-state index contributed by atoms with van der Waals surface area (Å²) in [7, 11) is 0. The van der Waals surface area contributed by atoms with Gasteiger partial charge in [-0.05, 0) is 47.9 Å². The van der Waals surface area contributed by atoms with E-state index in [1.807, 2.05) is 43.3 Å². The molecule has 0 aliphatic heterocycles. The number of aliphatic hydroxyl groups excluding tert-OH is 1. The van der Waals surface area contributed by atoms with Gasteiger partial charge in [-0.25, -0.2) is 0 Å². The predicted octanol–water partition coefficient (Wildman–Crippen LogP) is 5.04. The van der Waals surface area contributed by atoms with Crippen molar-refractivity contribution in [2.75, 3.05) is 0 Å².